The zero-order chi connectivity index (χ0) is 27.6. The van der Waals surface area contributed by atoms with E-state index in [1.807, 2.05) is 59.8 Å². The zero-order valence-corrected chi connectivity index (χ0v) is 27.6. The summed E-state index contributed by atoms with van der Waals surface area (Å²) in [5.41, 5.74) is 4.24. The minimum atomic E-state index is -4.57. The molecule has 0 unspecified atom stereocenters. The number of allylic oxidation sites excluding steroid dienone is 4. The van der Waals surface area contributed by atoms with Crippen molar-refractivity contribution >= 4 is 88.7 Å². The Bertz CT molecular complexity index is 1600. The van der Waals surface area contributed by atoms with Crippen LogP contribution in [0, 0.1) is 0 Å². The van der Waals surface area contributed by atoms with Crippen molar-refractivity contribution in [3.63, 3.8) is 0 Å². The Morgan fingerprint density at radius 3 is 2.11 bits per heavy atom. The second-order valence-electron chi connectivity index (χ2n) is 10.3. The SMILES string of the molecule is CCN1C(=CC=CC2=[N+](CC)c3ccc(S(=O)(=O)[O-])cc3C2(C)C)C(C)(C)c2cc(S(=O)(=O)O)ccc21.[K]. The van der Waals surface area contributed by atoms with Gasteiger partial charge in [-0.15, -0.1) is 0 Å². The molecule has 0 bridgehead atoms. The summed E-state index contributed by atoms with van der Waals surface area (Å²) in [5.74, 6) is 0. The Hall–Kier alpha value is -1.15. The predicted molar refractivity (Wildman–Crippen MR) is 148 cm³/mol. The van der Waals surface area contributed by atoms with Gasteiger partial charge < -0.3 is 9.45 Å². The van der Waals surface area contributed by atoms with Gasteiger partial charge in [-0.3, -0.25) is 4.55 Å². The average molecular weight is 584 g/mol. The number of fused-ring (bicyclic) bond motifs is 2. The van der Waals surface area contributed by atoms with Crippen LogP contribution < -0.4 is 4.90 Å². The van der Waals surface area contributed by atoms with Crippen molar-refractivity contribution in [2.24, 2.45) is 0 Å². The van der Waals surface area contributed by atoms with Crippen molar-refractivity contribution in [2.45, 2.75) is 62.2 Å². The smallest absolute Gasteiger partial charge is 0.294 e. The van der Waals surface area contributed by atoms with Gasteiger partial charge in [-0.25, -0.2) is 8.42 Å². The molecule has 0 atom stereocenters. The standard InChI is InChI=1S/C27H32N2O6S2.K/c1-7-28-22-14-12-18(36(30,31)32)16-20(22)26(3,4)24(28)10-9-11-25-27(5,6)21-17-19(37(33,34)35)13-15-23(21)29(25)8-2;/h9-17H,7-8H2,1-6H3,(H-,30,31,32,33,34,35);. The Morgan fingerprint density at radius 1 is 0.947 bits per heavy atom. The first-order chi connectivity index (χ1) is 17.0. The first-order valence-corrected chi connectivity index (χ1v) is 14.9. The molecule has 1 radical (unpaired) electrons. The van der Waals surface area contributed by atoms with E-state index in [2.05, 4.69) is 9.48 Å². The van der Waals surface area contributed by atoms with E-state index in [1.54, 1.807) is 12.1 Å². The van der Waals surface area contributed by atoms with Crippen LogP contribution in [0.15, 0.2) is 70.1 Å². The molecule has 1 N–H and O–H groups in total. The number of hydrogen-bond donors (Lipinski definition) is 1. The Morgan fingerprint density at radius 2 is 1.55 bits per heavy atom. The molecule has 2 aliphatic rings. The molecule has 2 heterocycles. The summed E-state index contributed by atoms with van der Waals surface area (Å²) in [6.07, 6.45) is 5.95. The molecule has 11 heteroatoms. The molecule has 0 saturated heterocycles. The van der Waals surface area contributed by atoms with Gasteiger partial charge in [-0.05, 0) is 69.7 Å². The normalized spacial score (nSPS) is 19.2. The van der Waals surface area contributed by atoms with Gasteiger partial charge in [0.2, 0.25) is 5.69 Å². The van der Waals surface area contributed by atoms with E-state index in [0.717, 1.165) is 33.9 Å². The number of hydrogen-bond acceptors (Lipinski definition) is 6. The minimum absolute atomic E-state index is 0. The van der Waals surface area contributed by atoms with Gasteiger partial charge in [0.05, 0.1) is 15.2 Å². The topological polar surface area (TPSA) is 118 Å². The van der Waals surface area contributed by atoms with Crippen molar-refractivity contribution < 1.29 is 30.5 Å². The Balaban J connectivity index is 0.00000400. The fourth-order valence-electron chi connectivity index (χ4n) is 5.54. The molecule has 38 heavy (non-hydrogen) atoms. The number of benzene rings is 2. The molecule has 2 aromatic rings. The van der Waals surface area contributed by atoms with Crippen LogP contribution in [0.5, 0.6) is 0 Å². The minimum Gasteiger partial charge on any atom is -0.744 e. The van der Waals surface area contributed by atoms with E-state index in [0.29, 0.717) is 13.1 Å². The van der Waals surface area contributed by atoms with E-state index in [-0.39, 0.29) is 61.2 Å². The molecule has 0 aromatic heterocycles. The quantitative estimate of drug-likeness (QED) is 0.309. The van der Waals surface area contributed by atoms with Crippen LogP contribution in [0.4, 0.5) is 11.4 Å². The van der Waals surface area contributed by atoms with Gasteiger partial charge in [0.1, 0.15) is 16.7 Å². The van der Waals surface area contributed by atoms with E-state index >= 15 is 0 Å². The summed E-state index contributed by atoms with van der Waals surface area (Å²) >= 11 is 0. The largest absolute Gasteiger partial charge is 0.744 e. The second-order valence-corrected chi connectivity index (χ2v) is 13.1. The molecule has 0 amide bonds. The number of likely N-dealkylation sites (N-methyl/N-ethyl adjacent to an activating group) is 1. The van der Waals surface area contributed by atoms with Crippen LogP contribution in [-0.2, 0) is 31.1 Å². The third kappa shape index (κ3) is 5.29. The Labute approximate surface area is 268 Å². The summed E-state index contributed by atoms with van der Waals surface area (Å²) in [5, 5.41) is 0. The van der Waals surface area contributed by atoms with Crippen LogP contribution in [0.3, 0.4) is 0 Å². The Kier molecular flexibility index (Phi) is 8.82. The summed E-state index contributed by atoms with van der Waals surface area (Å²) < 4.78 is 70.0. The molecule has 0 fully saturated rings. The van der Waals surface area contributed by atoms with Crippen LogP contribution in [0.1, 0.15) is 52.7 Å². The van der Waals surface area contributed by atoms with Gasteiger partial charge in [0.15, 0.2) is 5.71 Å². The zero-order valence-electron chi connectivity index (χ0n) is 22.8. The summed E-state index contributed by atoms with van der Waals surface area (Å²) in [4.78, 5) is 1.75. The average Bonchev–Trinajstić information content (AvgIpc) is 3.15. The first-order valence-electron chi connectivity index (χ1n) is 12.1. The fraction of sp³-hybridized carbons (Fsp3) is 0.370. The molecule has 0 saturated carbocycles. The maximum absolute atomic E-state index is 11.7. The first kappa shape index (κ1) is 31.4. The number of nitrogens with zero attached hydrogens (tertiary/aromatic N) is 2. The van der Waals surface area contributed by atoms with Crippen molar-refractivity contribution in [3.8, 4) is 0 Å². The molecule has 0 aliphatic carbocycles. The van der Waals surface area contributed by atoms with Crippen LogP contribution in [0.2, 0.25) is 0 Å². The molecule has 0 spiro atoms. The molecular formula is C27H32KN2O6S2. The van der Waals surface area contributed by atoms with Gasteiger partial charge >= 0.3 is 0 Å². The molecule has 8 nitrogen and oxygen atoms in total. The third-order valence-corrected chi connectivity index (χ3v) is 9.13. The van der Waals surface area contributed by atoms with E-state index < -0.39 is 31.1 Å². The van der Waals surface area contributed by atoms with Crippen LogP contribution in [0.25, 0.3) is 0 Å². The second kappa shape index (κ2) is 10.7. The van der Waals surface area contributed by atoms with Gasteiger partial charge in [-0.1, -0.05) is 19.9 Å². The van der Waals surface area contributed by atoms with Gasteiger partial charge in [-0.2, -0.15) is 13.0 Å². The van der Waals surface area contributed by atoms with Crippen molar-refractivity contribution in [2.75, 3.05) is 18.0 Å². The van der Waals surface area contributed by atoms with E-state index in [9.17, 15) is 25.9 Å². The van der Waals surface area contributed by atoms with Crippen LogP contribution in [-0.4, -0.2) is 101 Å². The van der Waals surface area contributed by atoms with E-state index in [1.165, 1.54) is 24.3 Å². The molecule has 2 aromatic carbocycles. The fourth-order valence-corrected chi connectivity index (χ4v) is 6.54. The van der Waals surface area contributed by atoms with Crippen LogP contribution >= 0.6 is 0 Å². The summed E-state index contributed by atoms with van der Waals surface area (Å²) in [6.45, 7) is 13.4. The van der Waals surface area contributed by atoms with Gasteiger partial charge in [0.25, 0.3) is 10.1 Å². The maximum Gasteiger partial charge on any atom is 0.294 e. The number of rotatable bonds is 6. The number of anilines is 1. The summed E-state index contributed by atoms with van der Waals surface area (Å²) in [6, 6.07) is 9.18. The maximum atomic E-state index is 11.7. The van der Waals surface area contributed by atoms with Gasteiger partial charge in [0, 0.05) is 92.4 Å². The monoisotopic (exact) mass is 583 g/mol. The molecule has 2 aliphatic heterocycles. The van der Waals surface area contributed by atoms with Crippen molar-refractivity contribution in [1.29, 1.82) is 0 Å². The molecular weight excluding hydrogens is 552 g/mol. The summed E-state index contributed by atoms with van der Waals surface area (Å²) in [7, 11) is -8.89. The molecule has 199 valence electrons. The van der Waals surface area contributed by atoms with E-state index in [4.69, 9.17) is 0 Å². The third-order valence-electron chi connectivity index (χ3n) is 7.45. The van der Waals surface area contributed by atoms with Crippen molar-refractivity contribution in [3.05, 3.63) is 71.5 Å². The van der Waals surface area contributed by atoms with Crippen molar-refractivity contribution in [1.82, 2.24) is 0 Å². The predicted octanol–water partition coefficient (Wildman–Crippen LogP) is 4.11. The molecule has 4 rings (SSSR count).